The first-order valence-corrected chi connectivity index (χ1v) is 16.9. The molecule has 2 N–H and O–H groups in total. The van der Waals surface area contributed by atoms with Crippen molar-refractivity contribution in [2.45, 2.75) is 42.2 Å². The minimum absolute atomic E-state index is 0.199. The van der Waals surface area contributed by atoms with Gasteiger partial charge in [-0.15, -0.1) is 23.1 Å². The molecule has 0 fully saturated rings. The van der Waals surface area contributed by atoms with E-state index in [1.807, 2.05) is 85.8 Å². The molecular formula is C38H34N2O4S2. The number of hydrogen-bond donors (Lipinski definition) is 2. The van der Waals surface area contributed by atoms with E-state index in [1.165, 1.54) is 35.8 Å². The van der Waals surface area contributed by atoms with E-state index < -0.39 is 11.2 Å². The highest BCUT2D eigenvalue weighted by molar-refractivity contribution is 8.00. The van der Waals surface area contributed by atoms with E-state index >= 15 is 0 Å². The molecule has 5 aromatic rings. The molecule has 0 radical (unpaired) electrons. The maximum atomic E-state index is 14.1. The molecule has 6 rings (SSSR count). The Morgan fingerprint density at radius 3 is 2.35 bits per heavy atom. The molecule has 0 bridgehead atoms. The number of aryl methyl sites for hydroxylation is 1. The van der Waals surface area contributed by atoms with Crippen LogP contribution in [0.25, 0.3) is 0 Å². The van der Waals surface area contributed by atoms with Crippen molar-refractivity contribution >= 4 is 51.6 Å². The standard InChI is InChI=1S/C38H34N2O4S2/c1-24-11-9-16-28(21-24)35(41)39-29-17-10-18-30(23-29)45-34(26-14-7-4-8-15-26)36(42)40-37-33(38(43)44-2)31-20-19-27(22-32(31)46-37)25-12-5-3-6-13-25/h3-18,21,23,27,34H,19-20,22H2,1-2H3,(H,39,41)(H,40,42). The first-order chi connectivity index (χ1) is 22.4. The largest absolute Gasteiger partial charge is 0.465 e. The highest BCUT2D eigenvalue weighted by atomic mass is 32.2. The van der Waals surface area contributed by atoms with Gasteiger partial charge >= 0.3 is 5.97 Å². The quantitative estimate of drug-likeness (QED) is 0.124. The van der Waals surface area contributed by atoms with Crippen molar-refractivity contribution in [2.75, 3.05) is 17.7 Å². The molecule has 8 heteroatoms. The summed E-state index contributed by atoms with van der Waals surface area (Å²) in [6.45, 7) is 1.95. The van der Waals surface area contributed by atoms with Gasteiger partial charge in [0.1, 0.15) is 10.3 Å². The Morgan fingerprint density at radius 2 is 1.61 bits per heavy atom. The second-order valence-electron chi connectivity index (χ2n) is 11.3. The lowest BCUT2D eigenvalue weighted by Gasteiger charge is -2.22. The number of methoxy groups -OCH3 is 1. The zero-order valence-electron chi connectivity index (χ0n) is 25.6. The van der Waals surface area contributed by atoms with Gasteiger partial charge in [0.2, 0.25) is 5.91 Å². The molecule has 0 spiro atoms. The molecule has 2 unspecified atom stereocenters. The van der Waals surface area contributed by atoms with Crippen LogP contribution in [-0.4, -0.2) is 24.9 Å². The Labute approximate surface area is 277 Å². The number of thioether (sulfide) groups is 1. The van der Waals surface area contributed by atoms with Crippen molar-refractivity contribution < 1.29 is 19.1 Å². The number of ether oxygens (including phenoxy) is 1. The van der Waals surface area contributed by atoms with Crippen molar-refractivity contribution in [3.63, 3.8) is 0 Å². The van der Waals surface area contributed by atoms with Crippen LogP contribution in [0.15, 0.2) is 114 Å². The van der Waals surface area contributed by atoms with Crippen LogP contribution in [-0.2, 0) is 22.4 Å². The van der Waals surface area contributed by atoms with Gasteiger partial charge in [0, 0.05) is 21.0 Å². The number of benzene rings is 4. The van der Waals surface area contributed by atoms with Crippen molar-refractivity contribution in [3.8, 4) is 0 Å². The molecule has 6 nitrogen and oxygen atoms in total. The molecule has 1 aromatic heterocycles. The van der Waals surface area contributed by atoms with E-state index in [2.05, 4.69) is 34.9 Å². The van der Waals surface area contributed by atoms with Crippen LogP contribution in [0.3, 0.4) is 0 Å². The Balaban J connectivity index is 1.26. The van der Waals surface area contributed by atoms with Crippen LogP contribution in [0.5, 0.6) is 0 Å². The lowest BCUT2D eigenvalue weighted by Crippen LogP contribution is -2.20. The molecule has 2 amide bonds. The third-order valence-corrected chi connectivity index (χ3v) is 10.5. The van der Waals surface area contributed by atoms with Gasteiger partial charge in [0.15, 0.2) is 0 Å². The molecule has 46 heavy (non-hydrogen) atoms. The molecular weight excluding hydrogens is 613 g/mol. The van der Waals surface area contributed by atoms with Gasteiger partial charge in [-0.3, -0.25) is 9.59 Å². The van der Waals surface area contributed by atoms with Gasteiger partial charge in [-0.05, 0) is 79.1 Å². The maximum Gasteiger partial charge on any atom is 0.341 e. The van der Waals surface area contributed by atoms with E-state index in [-0.39, 0.29) is 11.8 Å². The predicted octanol–water partition coefficient (Wildman–Crippen LogP) is 8.84. The summed E-state index contributed by atoms with van der Waals surface area (Å²) in [5, 5.41) is 6.00. The van der Waals surface area contributed by atoms with E-state index in [0.717, 1.165) is 45.7 Å². The Hall–Kier alpha value is -4.66. The zero-order valence-corrected chi connectivity index (χ0v) is 27.3. The Kier molecular flexibility index (Phi) is 9.66. The number of nitrogens with one attached hydrogen (secondary N) is 2. The third kappa shape index (κ3) is 7.09. The molecule has 0 saturated heterocycles. The van der Waals surface area contributed by atoms with Crippen LogP contribution in [0.1, 0.15) is 65.4 Å². The number of amides is 2. The van der Waals surface area contributed by atoms with Crippen molar-refractivity contribution in [1.82, 2.24) is 0 Å². The molecule has 1 aliphatic carbocycles. The average molecular weight is 647 g/mol. The van der Waals surface area contributed by atoms with Crippen LogP contribution >= 0.6 is 23.1 Å². The van der Waals surface area contributed by atoms with Gasteiger partial charge in [0.25, 0.3) is 5.91 Å². The summed E-state index contributed by atoms with van der Waals surface area (Å²) in [4.78, 5) is 42.0. The average Bonchev–Trinajstić information content (AvgIpc) is 3.44. The first kappa shape index (κ1) is 31.3. The summed E-state index contributed by atoms with van der Waals surface area (Å²) in [5.74, 6) is -0.525. The van der Waals surface area contributed by atoms with Gasteiger partial charge < -0.3 is 15.4 Å². The molecule has 1 heterocycles. The molecule has 0 saturated carbocycles. The van der Waals surface area contributed by atoms with E-state index in [9.17, 15) is 14.4 Å². The predicted molar refractivity (Wildman–Crippen MR) is 186 cm³/mol. The summed E-state index contributed by atoms with van der Waals surface area (Å²) < 4.78 is 5.20. The first-order valence-electron chi connectivity index (χ1n) is 15.2. The second-order valence-corrected chi connectivity index (χ2v) is 13.6. The summed E-state index contributed by atoms with van der Waals surface area (Å²) in [6.07, 6.45) is 2.47. The van der Waals surface area contributed by atoms with E-state index in [0.29, 0.717) is 27.7 Å². The minimum atomic E-state index is -0.620. The van der Waals surface area contributed by atoms with Gasteiger partial charge in [-0.2, -0.15) is 0 Å². The number of hydrogen-bond acceptors (Lipinski definition) is 6. The normalized spacial score (nSPS) is 14.5. The summed E-state index contributed by atoms with van der Waals surface area (Å²) in [6, 6.07) is 34.9. The fourth-order valence-electron chi connectivity index (χ4n) is 5.85. The summed E-state index contributed by atoms with van der Waals surface area (Å²) >= 11 is 2.86. The molecule has 4 aromatic carbocycles. The second kappa shape index (κ2) is 14.2. The molecule has 0 aliphatic heterocycles. The zero-order chi connectivity index (χ0) is 32.0. The van der Waals surface area contributed by atoms with E-state index in [4.69, 9.17) is 4.74 Å². The van der Waals surface area contributed by atoms with Gasteiger partial charge in [-0.25, -0.2) is 4.79 Å². The number of esters is 1. The van der Waals surface area contributed by atoms with Crippen LogP contribution in [0.2, 0.25) is 0 Å². The van der Waals surface area contributed by atoms with Crippen molar-refractivity contribution in [2.24, 2.45) is 0 Å². The number of carbonyl (C=O) groups is 3. The summed E-state index contributed by atoms with van der Waals surface area (Å²) in [5.41, 5.74) is 5.76. The van der Waals surface area contributed by atoms with Crippen LogP contribution in [0, 0.1) is 6.92 Å². The Bertz CT molecular complexity index is 1870. The number of fused-ring (bicyclic) bond motifs is 1. The van der Waals surface area contributed by atoms with Crippen LogP contribution < -0.4 is 10.6 Å². The molecule has 1 aliphatic rings. The lowest BCUT2D eigenvalue weighted by atomic mass is 9.83. The van der Waals surface area contributed by atoms with Gasteiger partial charge in [0.05, 0.1) is 12.7 Å². The number of anilines is 2. The minimum Gasteiger partial charge on any atom is -0.465 e. The SMILES string of the molecule is COC(=O)c1c(NC(=O)C(Sc2cccc(NC(=O)c3cccc(C)c3)c2)c2ccccc2)sc2c1CCC(c1ccccc1)C2. The number of rotatable bonds is 9. The number of thiophene rings is 1. The van der Waals surface area contributed by atoms with Crippen molar-refractivity contribution in [3.05, 3.63) is 147 Å². The summed E-state index contributed by atoms with van der Waals surface area (Å²) in [7, 11) is 1.38. The number of carbonyl (C=O) groups excluding carboxylic acids is 3. The van der Waals surface area contributed by atoms with Crippen LogP contribution in [0.4, 0.5) is 10.7 Å². The monoisotopic (exact) mass is 646 g/mol. The smallest absolute Gasteiger partial charge is 0.341 e. The molecule has 232 valence electrons. The lowest BCUT2D eigenvalue weighted by molar-refractivity contribution is -0.115. The van der Waals surface area contributed by atoms with Gasteiger partial charge in [-0.1, -0.05) is 84.4 Å². The fraction of sp³-hybridized carbons (Fsp3) is 0.184. The highest BCUT2D eigenvalue weighted by Gasteiger charge is 2.32. The Morgan fingerprint density at radius 1 is 0.870 bits per heavy atom. The fourth-order valence-corrected chi connectivity index (χ4v) is 8.25. The topological polar surface area (TPSA) is 84.5 Å². The van der Waals surface area contributed by atoms with Crippen molar-refractivity contribution in [1.29, 1.82) is 0 Å². The van der Waals surface area contributed by atoms with E-state index in [1.54, 1.807) is 6.07 Å². The third-order valence-electron chi connectivity index (χ3n) is 8.13. The molecule has 2 atom stereocenters. The highest BCUT2D eigenvalue weighted by Crippen LogP contribution is 2.44. The maximum absolute atomic E-state index is 14.1.